The fourth-order valence-corrected chi connectivity index (χ4v) is 2.85. The van der Waals surface area contributed by atoms with E-state index in [4.69, 9.17) is 12.6 Å². The Balaban J connectivity index is 1.97. The fourth-order valence-electron chi connectivity index (χ4n) is 2.85. The molecule has 1 aliphatic heterocycles. The first-order valence-corrected chi connectivity index (χ1v) is 7.53. The van der Waals surface area contributed by atoms with Crippen LogP contribution in [0.2, 0.25) is 0 Å². The summed E-state index contributed by atoms with van der Waals surface area (Å²) in [4.78, 5) is 2.42. The lowest BCUT2D eigenvalue weighted by molar-refractivity contribution is 0.0865. The molecule has 3 rings (SSSR count). The van der Waals surface area contributed by atoms with Gasteiger partial charge in [-0.2, -0.15) is 0 Å². The predicted octanol–water partition coefficient (Wildman–Crippen LogP) is 3.11. The first-order chi connectivity index (χ1) is 10.2. The van der Waals surface area contributed by atoms with Gasteiger partial charge in [-0.15, -0.1) is 0 Å². The van der Waals surface area contributed by atoms with Crippen molar-refractivity contribution in [3.05, 3.63) is 54.1 Å². The Labute approximate surface area is 128 Å². The second-order valence-corrected chi connectivity index (χ2v) is 5.64. The zero-order valence-electron chi connectivity index (χ0n) is 12.5. The van der Waals surface area contributed by atoms with Crippen molar-refractivity contribution >= 4 is 24.7 Å². The largest absolute Gasteiger partial charge is 0.381 e. The highest BCUT2D eigenvalue weighted by Crippen LogP contribution is 2.31. The van der Waals surface area contributed by atoms with Crippen molar-refractivity contribution in [2.24, 2.45) is 0 Å². The van der Waals surface area contributed by atoms with Crippen LogP contribution < -0.4 is 10.4 Å². The maximum Gasteiger partial charge on any atom is 0.113 e. The summed E-state index contributed by atoms with van der Waals surface area (Å²) in [6.45, 7) is 3.79. The number of aryl methyl sites for hydroxylation is 1. The van der Waals surface area contributed by atoms with Gasteiger partial charge >= 0.3 is 0 Å². The van der Waals surface area contributed by atoms with Gasteiger partial charge in [0.1, 0.15) is 7.85 Å². The molecule has 2 aromatic carbocycles. The summed E-state index contributed by atoms with van der Waals surface area (Å²) < 4.78 is 5.51. The van der Waals surface area contributed by atoms with E-state index in [-0.39, 0.29) is 0 Å². The van der Waals surface area contributed by atoms with Gasteiger partial charge in [0.2, 0.25) is 0 Å². The topological polar surface area (TPSA) is 12.5 Å². The summed E-state index contributed by atoms with van der Waals surface area (Å²) in [5.74, 6) is 0. The summed E-state index contributed by atoms with van der Waals surface area (Å²) in [5.41, 5.74) is 4.51. The molecule has 1 aliphatic rings. The van der Waals surface area contributed by atoms with E-state index in [0.29, 0.717) is 6.04 Å². The van der Waals surface area contributed by atoms with Crippen LogP contribution in [-0.4, -0.2) is 27.1 Å². The zero-order valence-corrected chi connectivity index (χ0v) is 12.5. The molecule has 0 saturated carbocycles. The summed E-state index contributed by atoms with van der Waals surface area (Å²) >= 11 is 0. The van der Waals surface area contributed by atoms with E-state index in [9.17, 15) is 0 Å². The number of hydrogen-bond donors (Lipinski definition) is 0. The second-order valence-electron chi connectivity index (χ2n) is 5.64. The Morgan fingerprint density at radius 3 is 2.00 bits per heavy atom. The highest BCUT2D eigenvalue weighted by atomic mass is 16.5. The van der Waals surface area contributed by atoms with Gasteiger partial charge in [0.05, 0.1) is 0 Å². The highest BCUT2D eigenvalue weighted by Gasteiger charge is 2.23. The van der Waals surface area contributed by atoms with Gasteiger partial charge in [-0.05, 0) is 44.0 Å². The second kappa shape index (κ2) is 6.36. The molecule has 1 fully saturated rings. The third-order valence-electron chi connectivity index (χ3n) is 4.04. The third kappa shape index (κ3) is 3.30. The molecule has 1 heterocycles. The van der Waals surface area contributed by atoms with E-state index < -0.39 is 0 Å². The van der Waals surface area contributed by atoms with Crippen molar-refractivity contribution in [2.75, 3.05) is 18.1 Å². The van der Waals surface area contributed by atoms with Crippen molar-refractivity contribution in [1.82, 2.24) is 0 Å². The molecular formula is C18H20BNO. The average molecular weight is 277 g/mol. The maximum atomic E-state index is 5.83. The summed E-state index contributed by atoms with van der Waals surface area (Å²) in [6.07, 6.45) is 2.11. The first-order valence-electron chi connectivity index (χ1n) is 7.53. The Morgan fingerprint density at radius 1 is 0.905 bits per heavy atom. The van der Waals surface area contributed by atoms with Gasteiger partial charge in [-0.25, -0.2) is 0 Å². The molecule has 1 saturated heterocycles. The minimum absolute atomic E-state index is 0.477. The van der Waals surface area contributed by atoms with Gasteiger partial charge in [-0.1, -0.05) is 35.3 Å². The van der Waals surface area contributed by atoms with Crippen LogP contribution in [0.25, 0.3) is 0 Å². The minimum Gasteiger partial charge on any atom is -0.381 e. The highest BCUT2D eigenvalue weighted by molar-refractivity contribution is 6.32. The Hall–Kier alpha value is -1.74. The molecule has 0 amide bonds. The van der Waals surface area contributed by atoms with Crippen LogP contribution in [0.5, 0.6) is 0 Å². The van der Waals surface area contributed by atoms with Crippen LogP contribution >= 0.6 is 0 Å². The zero-order chi connectivity index (χ0) is 14.7. The van der Waals surface area contributed by atoms with Crippen LogP contribution in [0.3, 0.4) is 0 Å². The van der Waals surface area contributed by atoms with Crippen molar-refractivity contribution in [1.29, 1.82) is 0 Å². The lowest BCUT2D eigenvalue weighted by Crippen LogP contribution is -2.36. The van der Waals surface area contributed by atoms with Crippen LogP contribution in [0, 0.1) is 6.92 Å². The molecule has 2 aromatic rings. The Bertz CT molecular complexity index is 528. The van der Waals surface area contributed by atoms with Crippen LogP contribution in [-0.2, 0) is 4.74 Å². The number of ether oxygens (including phenoxy) is 1. The summed E-state index contributed by atoms with van der Waals surface area (Å²) in [5, 5.41) is 0. The molecule has 3 heteroatoms. The molecule has 0 unspecified atom stereocenters. The molecule has 21 heavy (non-hydrogen) atoms. The van der Waals surface area contributed by atoms with E-state index >= 15 is 0 Å². The lowest BCUT2D eigenvalue weighted by atomic mass is 9.95. The Kier molecular flexibility index (Phi) is 4.30. The van der Waals surface area contributed by atoms with Gasteiger partial charge in [0.25, 0.3) is 0 Å². The minimum atomic E-state index is 0.477. The number of hydrogen-bond acceptors (Lipinski definition) is 2. The molecule has 0 aliphatic carbocycles. The maximum absolute atomic E-state index is 5.83. The molecule has 0 spiro atoms. The van der Waals surface area contributed by atoms with E-state index in [1.807, 2.05) is 12.1 Å². The molecule has 0 bridgehead atoms. The molecular weight excluding hydrogens is 257 g/mol. The van der Waals surface area contributed by atoms with Crippen molar-refractivity contribution in [3.8, 4) is 0 Å². The van der Waals surface area contributed by atoms with Crippen molar-refractivity contribution < 1.29 is 4.74 Å². The fraction of sp³-hybridized carbons (Fsp3) is 0.333. The van der Waals surface area contributed by atoms with Crippen molar-refractivity contribution in [2.45, 2.75) is 25.8 Å². The Morgan fingerprint density at radius 2 is 1.43 bits per heavy atom. The molecule has 0 aromatic heterocycles. The smallest absolute Gasteiger partial charge is 0.113 e. The van der Waals surface area contributed by atoms with Crippen molar-refractivity contribution in [3.63, 3.8) is 0 Å². The normalized spacial score (nSPS) is 15.9. The van der Waals surface area contributed by atoms with E-state index in [2.05, 4.69) is 48.2 Å². The van der Waals surface area contributed by atoms with E-state index in [0.717, 1.165) is 31.5 Å². The average Bonchev–Trinajstić information content (AvgIpc) is 2.52. The standard InChI is InChI=1S/C18H20BNO/c1-14-2-6-16(7-3-14)20(18-10-12-21-13-11-18)17-8-4-15(19)5-9-17/h2-9,18H,10-13H2,1H3. The quantitative estimate of drug-likeness (QED) is 0.799. The number of nitrogens with zero attached hydrogens (tertiary/aromatic N) is 1. The summed E-state index contributed by atoms with van der Waals surface area (Å²) in [6, 6.07) is 17.3. The molecule has 0 N–H and O–H groups in total. The molecule has 2 radical (unpaired) electrons. The first kappa shape index (κ1) is 14.2. The molecule has 106 valence electrons. The predicted molar refractivity (Wildman–Crippen MR) is 89.0 cm³/mol. The summed E-state index contributed by atoms with van der Waals surface area (Å²) in [7, 11) is 5.83. The van der Waals surface area contributed by atoms with Crippen LogP contribution in [0.1, 0.15) is 18.4 Å². The monoisotopic (exact) mass is 277 g/mol. The van der Waals surface area contributed by atoms with E-state index in [1.165, 1.54) is 16.9 Å². The third-order valence-corrected chi connectivity index (χ3v) is 4.04. The molecule has 2 nitrogen and oxygen atoms in total. The number of rotatable bonds is 3. The number of anilines is 2. The number of benzene rings is 2. The lowest BCUT2D eigenvalue weighted by Gasteiger charge is -2.36. The van der Waals surface area contributed by atoms with Crippen LogP contribution in [0.15, 0.2) is 48.5 Å². The van der Waals surface area contributed by atoms with Gasteiger partial charge in [0.15, 0.2) is 0 Å². The SMILES string of the molecule is [B]c1ccc(N(c2ccc(C)cc2)C2CCOCC2)cc1. The molecule has 0 atom stereocenters. The van der Waals surface area contributed by atoms with Gasteiger partial charge in [0, 0.05) is 30.6 Å². The van der Waals surface area contributed by atoms with Gasteiger partial charge in [-0.3, -0.25) is 0 Å². The van der Waals surface area contributed by atoms with Gasteiger partial charge < -0.3 is 9.64 Å². The van der Waals surface area contributed by atoms with E-state index in [1.54, 1.807) is 0 Å². The van der Waals surface area contributed by atoms with Crippen LogP contribution in [0.4, 0.5) is 11.4 Å².